The van der Waals surface area contributed by atoms with Crippen LogP contribution in [0.25, 0.3) is 22.3 Å². The van der Waals surface area contributed by atoms with Crippen molar-refractivity contribution < 1.29 is 33.4 Å². The molecule has 45 heavy (non-hydrogen) atoms. The minimum absolute atomic E-state index is 0.00743. The van der Waals surface area contributed by atoms with Crippen LogP contribution in [0.4, 0.5) is 4.39 Å². The number of halogens is 1. The summed E-state index contributed by atoms with van der Waals surface area (Å²) in [5, 5.41) is 13.5. The van der Waals surface area contributed by atoms with Gasteiger partial charge in [0.1, 0.15) is 25.3 Å². The van der Waals surface area contributed by atoms with E-state index in [2.05, 4.69) is 10.1 Å². The summed E-state index contributed by atoms with van der Waals surface area (Å²) in [5.74, 6) is -1.19. The van der Waals surface area contributed by atoms with Crippen molar-refractivity contribution in [2.24, 2.45) is 11.5 Å². The van der Waals surface area contributed by atoms with E-state index < -0.39 is 12.0 Å². The number of nitrogens with one attached hydrogen (secondary N) is 1. The SMILES string of the molecule is CC.CC.COCc1c(C(O)C=O)cc2n(c1=O)Cc1c-2nc2cc(F)c(C)c3c2c1CCC3.NCC(=O)NCOCC(N)=O. The molecule has 13 heteroatoms. The average molecular weight is 630 g/mol. The molecule has 0 saturated heterocycles. The Hall–Kier alpha value is -4.04. The first-order chi connectivity index (χ1) is 21.6. The average Bonchev–Trinajstić information content (AvgIpc) is 3.43. The zero-order valence-electron chi connectivity index (χ0n) is 26.8. The number of aliphatic hydroxyl groups excluding tert-OH is 1. The van der Waals surface area contributed by atoms with Gasteiger partial charge < -0.3 is 40.7 Å². The Labute approximate surface area is 261 Å². The van der Waals surface area contributed by atoms with Crippen molar-refractivity contribution in [1.29, 1.82) is 0 Å². The van der Waals surface area contributed by atoms with Crippen LogP contribution in [0.3, 0.4) is 0 Å². The number of aromatic nitrogens is 2. The number of nitrogens with zero attached hydrogens (tertiary/aromatic N) is 2. The van der Waals surface area contributed by atoms with Crippen LogP contribution >= 0.6 is 0 Å². The van der Waals surface area contributed by atoms with Gasteiger partial charge in [0.2, 0.25) is 11.8 Å². The number of rotatable bonds is 9. The summed E-state index contributed by atoms with van der Waals surface area (Å²) in [4.78, 5) is 49.7. The molecule has 3 aromatic rings. The quantitative estimate of drug-likeness (QED) is 0.122. The summed E-state index contributed by atoms with van der Waals surface area (Å²) in [6, 6.07) is 3.10. The maximum Gasteiger partial charge on any atom is 0.257 e. The Balaban J connectivity index is 0.000000400. The monoisotopic (exact) mass is 629 g/mol. The van der Waals surface area contributed by atoms with Crippen LogP contribution < -0.4 is 22.3 Å². The molecule has 1 aliphatic carbocycles. The van der Waals surface area contributed by atoms with E-state index in [1.54, 1.807) is 17.6 Å². The molecule has 0 spiro atoms. The third-order valence-electron chi connectivity index (χ3n) is 7.20. The minimum Gasteiger partial charge on any atom is -0.381 e. The summed E-state index contributed by atoms with van der Waals surface area (Å²) >= 11 is 0. The second-order valence-corrected chi connectivity index (χ2v) is 9.76. The molecule has 3 heterocycles. The van der Waals surface area contributed by atoms with Crippen molar-refractivity contribution >= 4 is 29.0 Å². The van der Waals surface area contributed by atoms with Crippen LogP contribution in [0.1, 0.15) is 73.6 Å². The van der Waals surface area contributed by atoms with Crippen LogP contribution in [0, 0.1) is 12.7 Å². The second-order valence-electron chi connectivity index (χ2n) is 9.76. The van der Waals surface area contributed by atoms with Crippen molar-refractivity contribution in [2.75, 3.05) is 27.0 Å². The number of carbonyl (C=O) groups excluding carboxylic acids is 3. The van der Waals surface area contributed by atoms with Crippen LogP contribution in [0.15, 0.2) is 16.9 Å². The number of carbonyl (C=O) groups is 3. The normalized spacial score (nSPS) is 12.6. The number of hydrogen-bond donors (Lipinski definition) is 4. The standard InChI is InChI=1S/C23H21FN2O4.C5H11N3O3.2C2H6/c1-11-12-4-3-5-13-15-8-26-19(22(15)25-18(21(12)13)7-17(11)24)6-14(20(28)9-27)16(10-30-2)23(26)29;6-1-5(10)8-3-11-2-4(7)9;2*1-2/h6-7,9,20,28H,3-5,8,10H2,1-2H3;1-3,6H2,(H2,7,9)(H,8,10);2*1-2H3. The maximum atomic E-state index is 14.5. The van der Waals surface area contributed by atoms with Crippen molar-refractivity contribution in [1.82, 2.24) is 14.9 Å². The Morgan fingerprint density at radius 3 is 2.44 bits per heavy atom. The number of aldehydes is 1. The minimum atomic E-state index is -1.43. The zero-order valence-corrected chi connectivity index (χ0v) is 26.8. The number of benzene rings is 1. The summed E-state index contributed by atoms with van der Waals surface area (Å²) in [7, 11) is 1.46. The molecule has 2 amide bonds. The van der Waals surface area contributed by atoms with E-state index in [1.165, 1.54) is 13.2 Å². The van der Waals surface area contributed by atoms with Crippen molar-refractivity contribution in [2.45, 2.75) is 73.1 Å². The number of methoxy groups -OCH3 is 1. The first-order valence-corrected chi connectivity index (χ1v) is 15.0. The number of primary amides is 1. The molecule has 0 bridgehead atoms. The van der Waals surface area contributed by atoms with E-state index in [9.17, 15) is 28.7 Å². The molecule has 2 aliphatic rings. The van der Waals surface area contributed by atoms with Gasteiger partial charge in [-0.3, -0.25) is 14.4 Å². The fourth-order valence-electron chi connectivity index (χ4n) is 5.31. The molecule has 0 saturated carbocycles. The lowest BCUT2D eigenvalue weighted by atomic mass is 9.85. The van der Waals surface area contributed by atoms with Gasteiger partial charge in [-0.25, -0.2) is 9.37 Å². The van der Waals surface area contributed by atoms with E-state index in [1.807, 2.05) is 27.7 Å². The largest absolute Gasteiger partial charge is 0.381 e. The number of fused-ring (bicyclic) bond motifs is 4. The molecular weight excluding hydrogens is 585 g/mol. The first-order valence-electron chi connectivity index (χ1n) is 15.0. The molecule has 1 aromatic carbocycles. The van der Waals surface area contributed by atoms with Crippen LogP contribution in [-0.2, 0) is 49.9 Å². The van der Waals surface area contributed by atoms with Gasteiger partial charge in [0, 0.05) is 35.3 Å². The molecule has 6 N–H and O–H groups in total. The van der Waals surface area contributed by atoms with Gasteiger partial charge in [-0.05, 0) is 48.9 Å². The van der Waals surface area contributed by atoms with Gasteiger partial charge in [0.25, 0.3) is 5.56 Å². The number of aliphatic hydroxyl groups is 1. The van der Waals surface area contributed by atoms with Gasteiger partial charge in [-0.15, -0.1) is 0 Å². The van der Waals surface area contributed by atoms with E-state index >= 15 is 0 Å². The highest BCUT2D eigenvalue weighted by Gasteiger charge is 2.31. The fourth-order valence-corrected chi connectivity index (χ4v) is 5.31. The molecule has 1 atom stereocenters. The smallest absolute Gasteiger partial charge is 0.257 e. The highest BCUT2D eigenvalue weighted by Crippen LogP contribution is 2.41. The van der Waals surface area contributed by atoms with Gasteiger partial charge in [0.05, 0.1) is 36.6 Å². The Bertz CT molecular complexity index is 1590. The number of hydrogen-bond acceptors (Lipinski definition) is 9. The van der Waals surface area contributed by atoms with Crippen molar-refractivity contribution in [3.8, 4) is 11.4 Å². The topological polar surface area (TPSA) is 189 Å². The lowest BCUT2D eigenvalue weighted by Gasteiger charge is -2.21. The van der Waals surface area contributed by atoms with Gasteiger partial charge in [-0.2, -0.15) is 0 Å². The van der Waals surface area contributed by atoms with Gasteiger partial charge in [0.15, 0.2) is 6.29 Å². The first kappa shape index (κ1) is 37.1. The molecular formula is C32H44FN5O7. The molecule has 0 fully saturated rings. The van der Waals surface area contributed by atoms with Gasteiger partial charge >= 0.3 is 0 Å². The highest BCUT2D eigenvalue weighted by molar-refractivity contribution is 5.92. The fraction of sp³-hybridized carbons (Fsp3) is 0.469. The summed E-state index contributed by atoms with van der Waals surface area (Å²) in [5.41, 5.74) is 15.4. The molecule has 0 radical (unpaired) electrons. The zero-order chi connectivity index (χ0) is 33.8. The Kier molecular flexibility index (Phi) is 14.4. The molecule has 2 aromatic heterocycles. The lowest BCUT2D eigenvalue weighted by Crippen LogP contribution is -2.33. The number of nitrogens with two attached hydrogens (primary N) is 2. The number of amides is 2. The summed E-state index contributed by atoms with van der Waals surface area (Å²) in [6.45, 7) is 9.82. The Morgan fingerprint density at radius 2 is 1.84 bits per heavy atom. The number of ether oxygens (including phenoxy) is 2. The van der Waals surface area contributed by atoms with Crippen molar-refractivity contribution in [3.05, 3.63) is 61.7 Å². The number of pyridine rings is 2. The van der Waals surface area contributed by atoms with Crippen LogP contribution in [-0.4, -0.2) is 59.8 Å². The predicted octanol–water partition coefficient (Wildman–Crippen LogP) is 2.31. The van der Waals surface area contributed by atoms with E-state index in [0.29, 0.717) is 35.3 Å². The third-order valence-corrected chi connectivity index (χ3v) is 7.20. The third kappa shape index (κ3) is 8.17. The maximum absolute atomic E-state index is 14.5. The predicted molar refractivity (Wildman–Crippen MR) is 169 cm³/mol. The van der Waals surface area contributed by atoms with E-state index in [0.717, 1.165) is 41.3 Å². The Morgan fingerprint density at radius 1 is 1.18 bits per heavy atom. The molecule has 12 nitrogen and oxygen atoms in total. The summed E-state index contributed by atoms with van der Waals surface area (Å²) in [6.07, 6.45) is 1.54. The molecule has 246 valence electrons. The molecule has 1 aliphatic heterocycles. The number of aryl methyl sites for hydroxylation is 2. The van der Waals surface area contributed by atoms with Crippen LogP contribution in [0.5, 0.6) is 0 Å². The van der Waals surface area contributed by atoms with Gasteiger partial charge in [-0.1, -0.05) is 27.7 Å². The second kappa shape index (κ2) is 17.4. The summed E-state index contributed by atoms with van der Waals surface area (Å²) < 4.78 is 25.9. The van der Waals surface area contributed by atoms with Crippen molar-refractivity contribution in [3.63, 3.8) is 0 Å². The molecule has 1 unspecified atom stereocenters. The molecule has 5 rings (SSSR count). The van der Waals surface area contributed by atoms with E-state index in [-0.39, 0.29) is 54.9 Å². The highest BCUT2D eigenvalue weighted by atomic mass is 19.1. The van der Waals surface area contributed by atoms with E-state index in [4.69, 9.17) is 21.2 Å². The van der Waals surface area contributed by atoms with Crippen LogP contribution in [0.2, 0.25) is 0 Å². The lowest BCUT2D eigenvalue weighted by molar-refractivity contribution is -0.126.